The van der Waals surface area contributed by atoms with Gasteiger partial charge < -0.3 is 14.7 Å². The Hall–Kier alpha value is -0.610. The number of rotatable bonds is 4. The Morgan fingerprint density at radius 2 is 1.67 bits per heavy atom. The van der Waals surface area contributed by atoms with E-state index in [1.165, 1.54) is 54.8 Å². The lowest BCUT2D eigenvalue weighted by molar-refractivity contribution is -1.07. The smallest absolute Gasteiger partial charge is 0.129 e. The zero-order valence-corrected chi connectivity index (χ0v) is 9.84. The normalized spacial score (nSPS) is 39.3. The Kier molecular flexibility index (Phi) is 2.73. The summed E-state index contributed by atoms with van der Waals surface area (Å²) >= 11 is 0. The second kappa shape index (κ2) is 3.76. The summed E-state index contributed by atoms with van der Waals surface area (Å²) in [6, 6.07) is 0. The van der Waals surface area contributed by atoms with Crippen molar-refractivity contribution >= 4 is 5.84 Å². The van der Waals surface area contributed by atoms with Crippen molar-refractivity contribution in [1.82, 2.24) is 0 Å². The van der Waals surface area contributed by atoms with Crippen LogP contribution in [0.15, 0.2) is 0 Å². The van der Waals surface area contributed by atoms with E-state index >= 15 is 0 Å². The number of quaternary nitrogens is 2. The number of piperazine rings is 3. The molecule has 0 unspecified atom stereocenters. The number of hydrogen-bond donors (Lipinski definition) is 2. The van der Waals surface area contributed by atoms with Crippen molar-refractivity contribution in [3.8, 4) is 0 Å². The first-order valence-electron chi connectivity index (χ1n) is 6.05. The van der Waals surface area contributed by atoms with Crippen LogP contribution < -0.4 is 5.73 Å². The lowest BCUT2D eigenvalue weighted by atomic mass is 10.1. The maximum absolute atomic E-state index is 7.24. The summed E-state index contributed by atoms with van der Waals surface area (Å²) in [5, 5.41) is 7.24. The molecule has 0 aromatic heterocycles. The summed E-state index contributed by atoms with van der Waals surface area (Å²) in [7, 11) is 2.39. The van der Waals surface area contributed by atoms with Gasteiger partial charge in [0, 0.05) is 12.8 Å². The van der Waals surface area contributed by atoms with Crippen LogP contribution in [0.25, 0.3) is 0 Å². The van der Waals surface area contributed by atoms with Crippen molar-refractivity contribution in [2.75, 3.05) is 52.9 Å². The van der Waals surface area contributed by atoms with Crippen LogP contribution in [0, 0.1) is 5.41 Å². The summed E-state index contributed by atoms with van der Waals surface area (Å²) in [6.07, 6.45) is 1.88. The second-order valence-corrected chi connectivity index (χ2v) is 5.66. The van der Waals surface area contributed by atoms with Gasteiger partial charge in [0.2, 0.25) is 0 Å². The predicted octanol–water partition coefficient (Wildman–Crippen LogP) is -0.00683. The molecule has 3 rings (SSSR count). The quantitative estimate of drug-likeness (QED) is 0.384. The van der Waals surface area contributed by atoms with Gasteiger partial charge in [-0.05, 0) is 0 Å². The molecule has 3 saturated heterocycles. The standard InChI is InChI=1S/C11H24N4/c1-14-5-8-15(9-6-14,10-7-14)4-2-3-11(12)13/h2-10H2,1H3,(H3,12,13)/q+2. The number of fused-ring (bicyclic) bond motifs is 3. The van der Waals surface area contributed by atoms with Gasteiger partial charge in [0.05, 0.1) is 19.4 Å². The van der Waals surface area contributed by atoms with Crippen LogP contribution in [0.5, 0.6) is 0 Å². The Labute approximate surface area is 92.3 Å². The summed E-state index contributed by atoms with van der Waals surface area (Å²) < 4.78 is 2.60. The molecule has 3 aliphatic rings. The molecule has 0 atom stereocenters. The Balaban J connectivity index is 1.84. The first-order chi connectivity index (χ1) is 7.04. The van der Waals surface area contributed by atoms with Gasteiger partial charge in [0.1, 0.15) is 39.3 Å². The minimum Gasteiger partial charge on any atom is -0.388 e. The molecule has 86 valence electrons. The maximum atomic E-state index is 7.24. The average Bonchev–Trinajstić information content (AvgIpc) is 2.20. The highest BCUT2D eigenvalue weighted by Crippen LogP contribution is 2.25. The molecule has 0 saturated carbocycles. The minimum atomic E-state index is 0.350. The highest BCUT2D eigenvalue weighted by atomic mass is 15.5. The van der Waals surface area contributed by atoms with Crippen molar-refractivity contribution in [2.24, 2.45) is 5.73 Å². The van der Waals surface area contributed by atoms with Gasteiger partial charge in [-0.25, -0.2) is 0 Å². The zero-order valence-electron chi connectivity index (χ0n) is 9.84. The molecule has 15 heavy (non-hydrogen) atoms. The van der Waals surface area contributed by atoms with Crippen LogP contribution in [0.2, 0.25) is 0 Å². The number of hydrogen-bond acceptors (Lipinski definition) is 1. The number of nitrogens with zero attached hydrogens (tertiary/aromatic N) is 2. The minimum absolute atomic E-state index is 0.350. The molecule has 0 radical (unpaired) electrons. The molecule has 0 aromatic rings. The fraction of sp³-hybridized carbons (Fsp3) is 0.909. The maximum Gasteiger partial charge on any atom is 0.129 e. The molecule has 2 bridgehead atoms. The summed E-state index contributed by atoms with van der Waals surface area (Å²) in [6.45, 7) is 9.30. The highest BCUT2D eigenvalue weighted by Gasteiger charge is 2.46. The third-order valence-electron chi connectivity index (χ3n) is 4.42. The number of nitrogens with one attached hydrogen (secondary N) is 1. The summed E-state index contributed by atoms with van der Waals surface area (Å²) in [5.41, 5.74) is 5.40. The molecule has 3 N–H and O–H groups in total. The van der Waals surface area contributed by atoms with Crippen LogP contribution in [0.3, 0.4) is 0 Å². The molecule has 0 aliphatic carbocycles. The van der Waals surface area contributed by atoms with Gasteiger partial charge in [-0.15, -0.1) is 0 Å². The third kappa shape index (κ3) is 2.32. The van der Waals surface area contributed by atoms with Crippen LogP contribution in [0.4, 0.5) is 0 Å². The Morgan fingerprint density at radius 1 is 1.13 bits per heavy atom. The van der Waals surface area contributed by atoms with E-state index < -0.39 is 0 Å². The van der Waals surface area contributed by atoms with E-state index in [1.807, 2.05) is 0 Å². The van der Waals surface area contributed by atoms with E-state index in [2.05, 4.69) is 7.05 Å². The van der Waals surface area contributed by atoms with Crippen molar-refractivity contribution in [2.45, 2.75) is 12.8 Å². The topological polar surface area (TPSA) is 49.9 Å². The first-order valence-corrected chi connectivity index (χ1v) is 6.05. The van der Waals surface area contributed by atoms with Crippen LogP contribution >= 0.6 is 0 Å². The zero-order chi connectivity index (χ0) is 10.9. The molecule has 4 nitrogen and oxygen atoms in total. The molecule has 4 heteroatoms. The van der Waals surface area contributed by atoms with Gasteiger partial charge in [0.15, 0.2) is 0 Å². The lowest BCUT2D eigenvalue weighted by Gasteiger charge is -2.54. The molecule has 0 amide bonds. The summed E-state index contributed by atoms with van der Waals surface area (Å²) in [5.74, 6) is 0.350. The molecular formula is C11H24N4+2. The highest BCUT2D eigenvalue weighted by molar-refractivity contribution is 5.76. The average molecular weight is 212 g/mol. The van der Waals surface area contributed by atoms with Crippen molar-refractivity contribution < 1.29 is 8.97 Å². The van der Waals surface area contributed by atoms with E-state index in [1.54, 1.807) is 0 Å². The molecule has 3 aliphatic heterocycles. The van der Waals surface area contributed by atoms with Crippen LogP contribution in [-0.4, -0.2) is 67.7 Å². The monoisotopic (exact) mass is 212 g/mol. The van der Waals surface area contributed by atoms with E-state index in [-0.39, 0.29) is 0 Å². The van der Waals surface area contributed by atoms with Crippen molar-refractivity contribution in [1.29, 1.82) is 5.41 Å². The van der Waals surface area contributed by atoms with Gasteiger partial charge in [-0.2, -0.15) is 0 Å². The SMILES string of the molecule is C[N+]12CC[N+](CCCC(=N)N)(CC1)CC2. The molecule has 3 heterocycles. The molecule has 0 spiro atoms. The van der Waals surface area contributed by atoms with E-state index in [4.69, 9.17) is 11.1 Å². The van der Waals surface area contributed by atoms with E-state index in [0.29, 0.717) is 5.84 Å². The number of amidine groups is 1. The summed E-state index contributed by atoms with van der Waals surface area (Å²) in [4.78, 5) is 0. The molecule has 3 fully saturated rings. The predicted molar refractivity (Wildman–Crippen MR) is 61.7 cm³/mol. The number of likely N-dealkylation sites (N-methyl/N-ethyl adjacent to an activating group) is 1. The number of nitrogens with two attached hydrogens (primary N) is 1. The van der Waals surface area contributed by atoms with Gasteiger partial charge in [-0.3, -0.25) is 5.41 Å². The van der Waals surface area contributed by atoms with E-state index in [0.717, 1.165) is 12.8 Å². The lowest BCUT2D eigenvalue weighted by Crippen LogP contribution is -2.73. The van der Waals surface area contributed by atoms with Gasteiger partial charge in [0.25, 0.3) is 0 Å². The van der Waals surface area contributed by atoms with E-state index in [9.17, 15) is 0 Å². The third-order valence-corrected chi connectivity index (χ3v) is 4.42. The Morgan fingerprint density at radius 3 is 2.13 bits per heavy atom. The van der Waals surface area contributed by atoms with Crippen LogP contribution in [0.1, 0.15) is 12.8 Å². The van der Waals surface area contributed by atoms with Crippen molar-refractivity contribution in [3.63, 3.8) is 0 Å². The van der Waals surface area contributed by atoms with Crippen LogP contribution in [-0.2, 0) is 0 Å². The molecular weight excluding hydrogens is 188 g/mol. The Bertz CT molecular complexity index is 237. The van der Waals surface area contributed by atoms with Gasteiger partial charge in [-0.1, -0.05) is 0 Å². The van der Waals surface area contributed by atoms with Crippen molar-refractivity contribution in [3.05, 3.63) is 0 Å². The second-order valence-electron chi connectivity index (χ2n) is 5.66. The first kappa shape index (κ1) is 10.9. The molecule has 0 aromatic carbocycles. The fourth-order valence-electron chi connectivity index (χ4n) is 2.97. The fourth-order valence-corrected chi connectivity index (χ4v) is 2.97. The largest absolute Gasteiger partial charge is 0.388 e. The van der Waals surface area contributed by atoms with Gasteiger partial charge >= 0.3 is 0 Å².